The van der Waals surface area contributed by atoms with Gasteiger partial charge in [-0.05, 0) is 48.7 Å². The molecule has 2 aliphatic rings. The minimum absolute atomic E-state index is 0.0750. The summed E-state index contributed by atoms with van der Waals surface area (Å²) < 4.78 is 7.13. The van der Waals surface area contributed by atoms with E-state index in [1.54, 1.807) is 22.8 Å². The third-order valence-electron chi connectivity index (χ3n) is 6.59. The molecule has 158 valence electrons. The van der Waals surface area contributed by atoms with Crippen molar-refractivity contribution >= 4 is 17.5 Å². The van der Waals surface area contributed by atoms with Crippen molar-refractivity contribution < 1.29 is 14.3 Å². The number of amides is 2. The Morgan fingerprint density at radius 3 is 2.74 bits per heavy atom. The molecule has 7 nitrogen and oxygen atoms in total. The first-order valence-electron chi connectivity index (χ1n) is 10.3. The molecule has 5 rings (SSSR count). The number of likely N-dealkylation sites (tertiary alicyclic amines) is 1. The molecule has 2 aromatic carbocycles. The van der Waals surface area contributed by atoms with Crippen molar-refractivity contribution in [1.82, 2.24) is 14.7 Å². The maximum Gasteiger partial charge on any atom is 0.274 e. The average Bonchev–Trinajstić information content (AvgIpc) is 3.43. The summed E-state index contributed by atoms with van der Waals surface area (Å²) in [5.41, 5.74) is 3.03. The number of nitrogens with zero attached hydrogens (tertiary/aromatic N) is 3. The highest BCUT2D eigenvalue weighted by atomic mass is 16.5. The summed E-state index contributed by atoms with van der Waals surface area (Å²) in [7, 11) is 3.43. The van der Waals surface area contributed by atoms with Crippen molar-refractivity contribution in [2.75, 3.05) is 19.0 Å². The van der Waals surface area contributed by atoms with Crippen LogP contribution >= 0.6 is 0 Å². The molecular formula is C24H24N4O3. The molecular weight excluding hydrogens is 392 g/mol. The molecule has 1 N–H and O–H groups in total. The zero-order valence-electron chi connectivity index (χ0n) is 17.8. The van der Waals surface area contributed by atoms with Crippen LogP contribution in [-0.4, -0.2) is 40.1 Å². The molecule has 0 saturated carbocycles. The molecule has 2 amide bonds. The van der Waals surface area contributed by atoms with Crippen molar-refractivity contribution in [3.63, 3.8) is 0 Å². The summed E-state index contributed by atoms with van der Waals surface area (Å²) in [5.74, 6) is 0.437. The van der Waals surface area contributed by atoms with E-state index < -0.39 is 11.5 Å². The number of anilines is 1. The van der Waals surface area contributed by atoms with Gasteiger partial charge in [0, 0.05) is 25.0 Å². The maximum absolute atomic E-state index is 13.6. The van der Waals surface area contributed by atoms with Crippen LogP contribution in [0.15, 0.2) is 54.6 Å². The van der Waals surface area contributed by atoms with Crippen molar-refractivity contribution in [2.24, 2.45) is 7.05 Å². The first-order valence-corrected chi connectivity index (χ1v) is 10.3. The molecule has 1 fully saturated rings. The smallest absolute Gasteiger partial charge is 0.274 e. The zero-order valence-corrected chi connectivity index (χ0v) is 17.8. The Bertz CT molecular complexity index is 1180. The molecule has 3 aromatic rings. The van der Waals surface area contributed by atoms with E-state index in [0.717, 1.165) is 22.5 Å². The Kier molecular flexibility index (Phi) is 4.36. The quantitative estimate of drug-likeness (QED) is 0.711. The fourth-order valence-corrected chi connectivity index (χ4v) is 4.99. The molecule has 7 heteroatoms. The van der Waals surface area contributed by atoms with Crippen LogP contribution in [0.2, 0.25) is 0 Å². The van der Waals surface area contributed by atoms with Gasteiger partial charge in [-0.25, -0.2) is 0 Å². The molecule has 0 aliphatic carbocycles. The van der Waals surface area contributed by atoms with E-state index in [1.165, 1.54) is 0 Å². The lowest BCUT2D eigenvalue weighted by Crippen LogP contribution is -2.42. The van der Waals surface area contributed by atoms with Crippen molar-refractivity contribution in [1.29, 1.82) is 0 Å². The van der Waals surface area contributed by atoms with Crippen LogP contribution in [0.1, 0.15) is 39.8 Å². The second kappa shape index (κ2) is 6.97. The topological polar surface area (TPSA) is 76.5 Å². The van der Waals surface area contributed by atoms with Crippen molar-refractivity contribution in [3.05, 3.63) is 77.1 Å². The number of rotatable bonds is 3. The predicted molar refractivity (Wildman–Crippen MR) is 116 cm³/mol. The van der Waals surface area contributed by atoms with Crippen LogP contribution in [0.3, 0.4) is 0 Å². The number of nitrogens with one attached hydrogen (secondary N) is 1. The minimum atomic E-state index is -0.859. The third-order valence-corrected chi connectivity index (χ3v) is 6.59. The second-order valence-corrected chi connectivity index (χ2v) is 8.19. The van der Waals surface area contributed by atoms with Crippen molar-refractivity contribution in [2.45, 2.75) is 24.8 Å². The fourth-order valence-electron chi connectivity index (χ4n) is 4.99. The normalized spacial score (nSPS) is 22.0. The maximum atomic E-state index is 13.6. The minimum Gasteiger partial charge on any atom is -0.497 e. The Morgan fingerprint density at radius 1 is 1.19 bits per heavy atom. The molecule has 0 bridgehead atoms. The fraction of sp³-hybridized carbons (Fsp3) is 0.292. The number of hydrogen-bond acceptors (Lipinski definition) is 4. The Hall–Kier alpha value is -3.61. The number of carbonyl (C=O) groups is 2. The van der Waals surface area contributed by atoms with Crippen LogP contribution in [0.5, 0.6) is 5.75 Å². The second-order valence-electron chi connectivity index (χ2n) is 8.19. The molecule has 3 heterocycles. The summed E-state index contributed by atoms with van der Waals surface area (Å²) in [4.78, 5) is 28.8. The molecule has 1 saturated heterocycles. The Morgan fingerprint density at radius 2 is 2.00 bits per heavy atom. The highest BCUT2D eigenvalue weighted by Crippen LogP contribution is 2.55. The van der Waals surface area contributed by atoms with E-state index in [-0.39, 0.29) is 11.8 Å². The van der Waals surface area contributed by atoms with Gasteiger partial charge in [-0.2, -0.15) is 5.10 Å². The Labute approximate surface area is 180 Å². The van der Waals surface area contributed by atoms with Gasteiger partial charge in [0.2, 0.25) is 5.91 Å². The molecule has 0 radical (unpaired) electrons. The monoisotopic (exact) mass is 416 g/mol. The van der Waals surface area contributed by atoms with E-state index in [1.807, 2.05) is 62.5 Å². The van der Waals surface area contributed by atoms with Gasteiger partial charge >= 0.3 is 0 Å². The van der Waals surface area contributed by atoms with Crippen molar-refractivity contribution in [3.8, 4) is 5.75 Å². The number of carbonyl (C=O) groups excluding carboxylic acids is 2. The predicted octanol–water partition coefficient (Wildman–Crippen LogP) is 3.21. The van der Waals surface area contributed by atoms with Crippen LogP contribution < -0.4 is 10.1 Å². The third kappa shape index (κ3) is 2.76. The first-order chi connectivity index (χ1) is 15.0. The van der Waals surface area contributed by atoms with E-state index in [9.17, 15) is 9.59 Å². The van der Waals surface area contributed by atoms with E-state index in [4.69, 9.17) is 4.74 Å². The number of hydrogen-bond donors (Lipinski definition) is 1. The molecule has 2 aliphatic heterocycles. The van der Waals surface area contributed by atoms with Gasteiger partial charge in [0.1, 0.15) is 11.2 Å². The highest BCUT2D eigenvalue weighted by Gasteiger charge is 2.59. The lowest BCUT2D eigenvalue weighted by Gasteiger charge is -2.34. The molecule has 31 heavy (non-hydrogen) atoms. The number of fused-ring (bicyclic) bond motifs is 2. The van der Waals surface area contributed by atoms with Gasteiger partial charge < -0.3 is 15.0 Å². The van der Waals surface area contributed by atoms with Crippen LogP contribution in [0.25, 0.3) is 0 Å². The average molecular weight is 416 g/mol. The number of methoxy groups -OCH3 is 1. The number of aryl methyl sites for hydroxylation is 2. The summed E-state index contributed by atoms with van der Waals surface area (Å²) in [6.45, 7) is 2.37. The molecule has 0 unspecified atom stereocenters. The SMILES string of the molecule is COc1cccc([C@@H]2N(C(=O)c3cc(C)n(C)n3)CC[C@]23C(=O)Nc2ccccc23)c1. The van der Waals surface area contributed by atoms with Gasteiger partial charge in [0.25, 0.3) is 5.91 Å². The number of aromatic nitrogens is 2. The zero-order chi connectivity index (χ0) is 21.8. The Balaban J connectivity index is 1.68. The highest BCUT2D eigenvalue weighted by molar-refractivity contribution is 6.08. The lowest BCUT2D eigenvalue weighted by molar-refractivity contribution is -0.121. The standard InChI is InChI=1S/C24H24N4O3/c1-15-13-20(26-27(15)2)22(29)28-12-11-24(18-9-4-5-10-19(18)25-23(24)30)21(28)16-7-6-8-17(14-16)31-3/h4-10,13-14,21H,11-12H2,1-3H3,(H,25,30)/t21-,24+/m0/s1. The van der Waals surface area contributed by atoms with Crippen LogP contribution in [0, 0.1) is 6.92 Å². The summed E-state index contributed by atoms with van der Waals surface area (Å²) in [5, 5.41) is 7.44. The van der Waals surface area contributed by atoms with Crippen LogP contribution in [-0.2, 0) is 17.3 Å². The van der Waals surface area contributed by atoms with Gasteiger partial charge in [-0.1, -0.05) is 30.3 Å². The summed E-state index contributed by atoms with van der Waals surface area (Å²) >= 11 is 0. The van der Waals surface area contributed by atoms with Gasteiger partial charge in [0.15, 0.2) is 5.69 Å². The van der Waals surface area contributed by atoms with Gasteiger partial charge in [-0.15, -0.1) is 0 Å². The van der Waals surface area contributed by atoms with Crippen LogP contribution in [0.4, 0.5) is 5.69 Å². The summed E-state index contributed by atoms with van der Waals surface area (Å²) in [6, 6.07) is 16.7. The first kappa shape index (κ1) is 19.4. The molecule has 1 aromatic heterocycles. The molecule has 2 atom stereocenters. The van der Waals surface area contributed by atoms with Gasteiger partial charge in [0.05, 0.1) is 13.2 Å². The molecule has 1 spiro atoms. The number of ether oxygens (including phenoxy) is 1. The lowest BCUT2D eigenvalue weighted by atomic mass is 9.72. The number of benzene rings is 2. The van der Waals surface area contributed by atoms with Gasteiger partial charge in [-0.3, -0.25) is 14.3 Å². The number of para-hydroxylation sites is 1. The largest absolute Gasteiger partial charge is 0.497 e. The van der Waals surface area contributed by atoms with E-state index >= 15 is 0 Å². The van der Waals surface area contributed by atoms with E-state index in [2.05, 4.69) is 10.4 Å². The van der Waals surface area contributed by atoms with E-state index in [0.29, 0.717) is 24.4 Å². The summed E-state index contributed by atoms with van der Waals surface area (Å²) in [6.07, 6.45) is 0.537.